The minimum atomic E-state index is -0.110. The van der Waals surface area contributed by atoms with Crippen molar-refractivity contribution in [2.45, 2.75) is 84.3 Å². The molecule has 1 saturated carbocycles. The lowest BCUT2D eigenvalue weighted by atomic mass is 9.82. The number of fused-ring (bicyclic) bond motifs is 4. The third kappa shape index (κ3) is 4.27. The van der Waals surface area contributed by atoms with Crippen LogP contribution in [0.25, 0.3) is 38.8 Å². The zero-order chi connectivity index (χ0) is 28.5. The molecule has 208 valence electrons. The van der Waals surface area contributed by atoms with Crippen LogP contribution in [0.3, 0.4) is 0 Å². The molecule has 0 amide bonds. The molecule has 0 unspecified atom stereocenters. The van der Waals surface area contributed by atoms with Crippen molar-refractivity contribution in [1.82, 2.24) is 9.55 Å². The van der Waals surface area contributed by atoms with Gasteiger partial charge in [-0.05, 0) is 92.5 Å². The van der Waals surface area contributed by atoms with Gasteiger partial charge in [-0.25, -0.2) is 4.99 Å². The Kier molecular flexibility index (Phi) is 5.90. The van der Waals surface area contributed by atoms with Crippen LogP contribution in [0.2, 0.25) is 0 Å². The molecule has 0 saturated heterocycles. The van der Waals surface area contributed by atoms with Crippen molar-refractivity contribution in [2.75, 3.05) is 0 Å². The van der Waals surface area contributed by atoms with E-state index in [1.165, 1.54) is 51.3 Å². The fourth-order valence-corrected chi connectivity index (χ4v) is 6.87. The van der Waals surface area contributed by atoms with Gasteiger partial charge in [0.15, 0.2) is 0 Å². The molecule has 3 heterocycles. The summed E-state index contributed by atoms with van der Waals surface area (Å²) in [6.45, 7) is 13.4. The van der Waals surface area contributed by atoms with Gasteiger partial charge in [0.1, 0.15) is 6.10 Å². The monoisotopic (exact) mass is 541 g/mol. The van der Waals surface area contributed by atoms with Crippen LogP contribution in [0.4, 0.5) is 0 Å². The normalized spacial score (nSPS) is 20.7. The zero-order valence-corrected chi connectivity index (χ0v) is 25.1. The standard InChI is InChI=1S/C37H39N3O/c1-23-19-24(2)32(22-29(23)35-39-37(6)17-10-9-13-34(37)41-35)40-31-12-8-7-11-27(31)28-15-14-25(20-33(28)40)30-21-26(16-18-38-30)36(3,4)5/h7-8,11-12,14-16,18-22,34H,9-10,13,17H2,1-6H3/t34-,37-/m0/s1. The maximum Gasteiger partial charge on any atom is 0.217 e. The van der Waals surface area contributed by atoms with Gasteiger partial charge in [0.25, 0.3) is 0 Å². The molecule has 0 radical (unpaired) electrons. The molecule has 2 aromatic heterocycles. The van der Waals surface area contributed by atoms with E-state index in [0.29, 0.717) is 0 Å². The molecule has 41 heavy (non-hydrogen) atoms. The fourth-order valence-electron chi connectivity index (χ4n) is 6.87. The predicted molar refractivity (Wildman–Crippen MR) is 170 cm³/mol. The average molecular weight is 542 g/mol. The van der Waals surface area contributed by atoms with E-state index in [9.17, 15) is 0 Å². The smallest absolute Gasteiger partial charge is 0.217 e. The molecule has 5 aromatic rings. The predicted octanol–water partition coefficient (Wildman–Crippen LogP) is 9.24. The molecule has 2 atom stereocenters. The lowest BCUT2D eigenvalue weighted by Crippen LogP contribution is -2.37. The van der Waals surface area contributed by atoms with Crippen LogP contribution in [0.15, 0.2) is 77.9 Å². The second-order valence-electron chi connectivity index (χ2n) is 13.3. The summed E-state index contributed by atoms with van der Waals surface area (Å²) in [7, 11) is 0. The summed E-state index contributed by atoms with van der Waals surface area (Å²) in [6.07, 6.45) is 6.75. The van der Waals surface area contributed by atoms with Gasteiger partial charge in [-0.2, -0.15) is 0 Å². The van der Waals surface area contributed by atoms with Crippen molar-refractivity contribution in [3.8, 4) is 16.9 Å². The highest BCUT2D eigenvalue weighted by molar-refractivity contribution is 6.10. The lowest BCUT2D eigenvalue weighted by molar-refractivity contribution is 0.104. The number of rotatable bonds is 3. The number of nitrogens with zero attached hydrogens (tertiary/aromatic N) is 3. The maximum absolute atomic E-state index is 6.57. The Balaban J connectivity index is 1.43. The number of aromatic nitrogens is 2. The third-order valence-corrected chi connectivity index (χ3v) is 9.31. The highest BCUT2D eigenvalue weighted by atomic mass is 16.5. The Morgan fingerprint density at radius 2 is 1.68 bits per heavy atom. The Morgan fingerprint density at radius 3 is 2.49 bits per heavy atom. The summed E-state index contributed by atoms with van der Waals surface area (Å²) < 4.78 is 8.99. The first-order chi connectivity index (χ1) is 19.6. The lowest BCUT2D eigenvalue weighted by Gasteiger charge is -2.31. The van der Waals surface area contributed by atoms with Gasteiger partial charge in [-0.3, -0.25) is 4.98 Å². The van der Waals surface area contributed by atoms with Gasteiger partial charge in [-0.1, -0.05) is 63.6 Å². The quantitative estimate of drug-likeness (QED) is 0.228. The topological polar surface area (TPSA) is 39.4 Å². The minimum absolute atomic E-state index is 0.0612. The SMILES string of the molecule is Cc1cc(C)c(-n2c3ccccc3c3ccc(-c4cc(C(C)(C)C)ccn4)cc32)cc1C1=N[C@@]2(C)CCCC[C@@H]2O1. The van der Waals surface area contributed by atoms with Crippen molar-refractivity contribution in [3.63, 3.8) is 0 Å². The molecular weight excluding hydrogens is 502 g/mol. The van der Waals surface area contributed by atoms with E-state index in [1.54, 1.807) is 0 Å². The Bertz CT molecular complexity index is 1850. The molecule has 3 aromatic carbocycles. The van der Waals surface area contributed by atoms with Crippen molar-refractivity contribution < 1.29 is 4.74 Å². The first-order valence-electron chi connectivity index (χ1n) is 15.0. The number of ether oxygens (including phenoxy) is 1. The number of pyridine rings is 1. The Hall–Kier alpha value is -3.92. The maximum atomic E-state index is 6.57. The molecule has 4 nitrogen and oxygen atoms in total. The van der Waals surface area contributed by atoms with E-state index < -0.39 is 0 Å². The minimum Gasteiger partial charge on any atom is -0.472 e. The number of aliphatic imine (C=N–C) groups is 1. The molecule has 1 fully saturated rings. The number of hydrogen-bond acceptors (Lipinski definition) is 3. The van der Waals surface area contributed by atoms with Gasteiger partial charge < -0.3 is 9.30 Å². The highest BCUT2D eigenvalue weighted by Crippen LogP contribution is 2.41. The molecule has 0 bridgehead atoms. The van der Waals surface area contributed by atoms with Crippen LogP contribution in [-0.2, 0) is 10.2 Å². The molecule has 1 aliphatic carbocycles. The van der Waals surface area contributed by atoms with E-state index in [-0.39, 0.29) is 17.1 Å². The number of benzene rings is 3. The van der Waals surface area contributed by atoms with E-state index in [4.69, 9.17) is 14.7 Å². The van der Waals surface area contributed by atoms with Crippen molar-refractivity contribution in [2.24, 2.45) is 4.99 Å². The van der Waals surface area contributed by atoms with E-state index in [2.05, 4.69) is 113 Å². The summed E-state index contributed by atoms with van der Waals surface area (Å²) in [5.41, 5.74) is 10.4. The molecule has 1 aliphatic heterocycles. The van der Waals surface area contributed by atoms with E-state index in [0.717, 1.165) is 41.2 Å². The molecular formula is C37H39N3O. The van der Waals surface area contributed by atoms with Gasteiger partial charge in [0.05, 0.1) is 22.3 Å². The van der Waals surface area contributed by atoms with Crippen LogP contribution in [0, 0.1) is 13.8 Å². The molecule has 7 rings (SSSR count). The largest absolute Gasteiger partial charge is 0.472 e. The Labute approximate surface area is 243 Å². The molecule has 0 spiro atoms. The van der Waals surface area contributed by atoms with Crippen LogP contribution >= 0.6 is 0 Å². The first-order valence-corrected chi connectivity index (χ1v) is 15.0. The summed E-state index contributed by atoms with van der Waals surface area (Å²) >= 11 is 0. The van der Waals surface area contributed by atoms with Crippen LogP contribution in [0.5, 0.6) is 0 Å². The van der Waals surface area contributed by atoms with Gasteiger partial charge in [0, 0.05) is 33.8 Å². The van der Waals surface area contributed by atoms with Gasteiger partial charge >= 0.3 is 0 Å². The molecule has 4 heteroatoms. The van der Waals surface area contributed by atoms with Crippen LogP contribution in [0.1, 0.15) is 75.6 Å². The summed E-state index contributed by atoms with van der Waals surface area (Å²) in [4.78, 5) is 9.99. The van der Waals surface area contributed by atoms with Gasteiger partial charge in [-0.15, -0.1) is 0 Å². The zero-order valence-electron chi connectivity index (χ0n) is 25.1. The van der Waals surface area contributed by atoms with Crippen LogP contribution in [-0.4, -0.2) is 27.1 Å². The van der Waals surface area contributed by atoms with E-state index in [1.807, 2.05) is 6.20 Å². The van der Waals surface area contributed by atoms with E-state index >= 15 is 0 Å². The number of hydrogen-bond donors (Lipinski definition) is 0. The summed E-state index contributed by atoms with van der Waals surface area (Å²) in [6, 6.07) is 24.5. The number of aryl methyl sites for hydroxylation is 2. The highest BCUT2D eigenvalue weighted by Gasteiger charge is 2.44. The summed E-state index contributed by atoms with van der Waals surface area (Å²) in [5.74, 6) is 0.808. The van der Waals surface area contributed by atoms with Crippen LogP contribution < -0.4 is 0 Å². The second-order valence-corrected chi connectivity index (χ2v) is 13.3. The molecule has 2 aliphatic rings. The fraction of sp³-hybridized carbons (Fsp3) is 0.351. The molecule has 0 N–H and O–H groups in total. The van der Waals surface area contributed by atoms with Crippen molar-refractivity contribution in [1.29, 1.82) is 0 Å². The first kappa shape index (κ1) is 26.0. The Morgan fingerprint density at radius 1 is 0.878 bits per heavy atom. The van der Waals surface area contributed by atoms with Gasteiger partial charge in [0.2, 0.25) is 5.90 Å². The number of para-hydroxylation sites is 1. The second kappa shape index (κ2) is 9.30. The average Bonchev–Trinajstić information content (AvgIpc) is 3.47. The van der Waals surface area contributed by atoms with Crippen molar-refractivity contribution in [3.05, 3.63) is 95.2 Å². The van der Waals surface area contributed by atoms with Crippen molar-refractivity contribution >= 4 is 27.7 Å². The summed E-state index contributed by atoms with van der Waals surface area (Å²) in [5, 5.41) is 2.49. The third-order valence-electron chi connectivity index (χ3n) is 9.31.